The molecule has 1 saturated heterocycles. The van der Waals surface area contributed by atoms with Crippen LogP contribution in [0.5, 0.6) is 5.88 Å². The maximum atomic E-state index is 6.43. The van der Waals surface area contributed by atoms with Crippen LogP contribution in [0.4, 0.5) is 0 Å². The molecule has 1 saturated carbocycles. The fourth-order valence-corrected chi connectivity index (χ4v) is 3.48. The number of rotatable bonds is 3. The molecule has 2 fully saturated rings. The van der Waals surface area contributed by atoms with Crippen molar-refractivity contribution in [1.82, 2.24) is 14.7 Å². The first-order chi connectivity index (χ1) is 9.13. The Balaban J connectivity index is 2.01. The highest BCUT2D eigenvalue weighted by atomic mass is 16.5. The van der Waals surface area contributed by atoms with Gasteiger partial charge in [0, 0.05) is 19.1 Å². The molecule has 106 valence electrons. The summed E-state index contributed by atoms with van der Waals surface area (Å²) >= 11 is 0. The molecule has 0 radical (unpaired) electrons. The zero-order valence-corrected chi connectivity index (χ0v) is 12.1. The number of likely N-dealkylation sites (tertiary alicyclic amines) is 1. The number of nitrogens with two attached hydrogens (primary N) is 1. The summed E-state index contributed by atoms with van der Waals surface area (Å²) in [5.41, 5.74) is 8.68. The largest absolute Gasteiger partial charge is 0.481 e. The SMILES string of the molecule is COc1c(C2C(N)CCCN2C2CC2)c(C)nn1C. The van der Waals surface area contributed by atoms with Gasteiger partial charge < -0.3 is 10.5 Å². The second-order valence-corrected chi connectivity index (χ2v) is 5.85. The molecule has 0 spiro atoms. The van der Waals surface area contributed by atoms with Gasteiger partial charge in [-0.3, -0.25) is 4.90 Å². The van der Waals surface area contributed by atoms with Crippen molar-refractivity contribution >= 4 is 0 Å². The summed E-state index contributed by atoms with van der Waals surface area (Å²) < 4.78 is 7.40. The average Bonchev–Trinajstić information content (AvgIpc) is 3.16. The van der Waals surface area contributed by atoms with Crippen molar-refractivity contribution in [2.45, 2.75) is 50.7 Å². The molecule has 2 N–H and O–H groups in total. The van der Waals surface area contributed by atoms with Crippen LogP contribution in [0.1, 0.15) is 43.0 Å². The average molecular weight is 264 g/mol. The standard InChI is InChI=1S/C14H24N4O/c1-9-12(14(19-3)17(2)16-9)13-11(15)5-4-8-18(13)10-6-7-10/h10-11,13H,4-8,15H2,1-3H3. The predicted molar refractivity (Wildman–Crippen MR) is 74.2 cm³/mol. The zero-order valence-electron chi connectivity index (χ0n) is 12.1. The van der Waals surface area contributed by atoms with Crippen molar-refractivity contribution in [3.8, 4) is 5.88 Å². The quantitative estimate of drug-likeness (QED) is 0.895. The molecule has 2 atom stereocenters. The number of aryl methyl sites for hydroxylation is 2. The molecule has 1 aromatic heterocycles. The highest BCUT2D eigenvalue weighted by molar-refractivity contribution is 5.36. The molecule has 1 aliphatic carbocycles. The van der Waals surface area contributed by atoms with Crippen LogP contribution < -0.4 is 10.5 Å². The Hall–Kier alpha value is -1.07. The van der Waals surface area contributed by atoms with E-state index in [9.17, 15) is 0 Å². The third-order valence-corrected chi connectivity index (χ3v) is 4.44. The first-order valence-electron chi connectivity index (χ1n) is 7.22. The minimum Gasteiger partial charge on any atom is -0.481 e. The summed E-state index contributed by atoms with van der Waals surface area (Å²) in [6.45, 7) is 3.21. The van der Waals surface area contributed by atoms with Crippen LogP contribution in [0.2, 0.25) is 0 Å². The number of ether oxygens (including phenoxy) is 1. The molecule has 5 heteroatoms. The zero-order chi connectivity index (χ0) is 13.6. The van der Waals surface area contributed by atoms with E-state index in [1.807, 2.05) is 11.7 Å². The van der Waals surface area contributed by atoms with E-state index in [2.05, 4.69) is 16.9 Å². The minimum atomic E-state index is 0.186. The number of hydrogen-bond donors (Lipinski definition) is 1. The van der Waals surface area contributed by atoms with Gasteiger partial charge in [-0.15, -0.1) is 0 Å². The smallest absolute Gasteiger partial charge is 0.216 e. The van der Waals surface area contributed by atoms with Crippen molar-refractivity contribution in [2.75, 3.05) is 13.7 Å². The van der Waals surface area contributed by atoms with E-state index in [1.54, 1.807) is 7.11 Å². The van der Waals surface area contributed by atoms with Crippen LogP contribution in [-0.2, 0) is 7.05 Å². The van der Waals surface area contributed by atoms with Gasteiger partial charge >= 0.3 is 0 Å². The van der Waals surface area contributed by atoms with Gasteiger partial charge in [-0.25, -0.2) is 4.68 Å². The molecule has 19 heavy (non-hydrogen) atoms. The Morgan fingerprint density at radius 2 is 2.05 bits per heavy atom. The van der Waals surface area contributed by atoms with E-state index in [-0.39, 0.29) is 12.1 Å². The fraction of sp³-hybridized carbons (Fsp3) is 0.786. The summed E-state index contributed by atoms with van der Waals surface area (Å²) in [4.78, 5) is 2.58. The van der Waals surface area contributed by atoms with E-state index in [4.69, 9.17) is 10.5 Å². The first kappa shape index (κ1) is 12.9. The van der Waals surface area contributed by atoms with Crippen molar-refractivity contribution in [2.24, 2.45) is 12.8 Å². The Labute approximate surface area is 114 Å². The van der Waals surface area contributed by atoms with E-state index in [1.165, 1.54) is 24.8 Å². The van der Waals surface area contributed by atoms with Crippen LogP contribution in [-0.4, -0.2) is 40.4 Å². The Morgan fingerprint density at radius 3 is 2.68 bits per heavy atom. The minimum absolute atomic E-state index is 0.186. The highest BCUT2D eigenvalue weighted by Crippen LogP contribution is 2.42. The molecule has 0 bridgehead atoms. The lowest BCUT2D eigenvalue weighted by atomic mass is 9.90. The maximum absolute atomic E-state index is 6.43. The van der Waals surface area contributed by atoms with Gasteiger partial charge in [-0.1, -0.05) is 0 Å². The van der Waals surface area contributed by atoms with Crippen LogP contribution in [0.3, 0.4) is 0 Å². The number of aromatic nitrogens is 2. The van der Waals surface area contributed by atoms with Gasteiger partial charge in [-0.05, 0) is 39.2 Å². The lowest BCUT2D eigenvalue weighted by Crippen LogP contribution is -2.47. The van der Waals surface area contributed by atoms with E-state index < -0.39 is 0 Å². The summed E-state index contributed by atoms with van der Waals surface area (Å²) in [6, 6.07) is 1.18. The molecule has 2 unspecified atom stereocenters. The van der Waals surface area contributed by atoms with Gasteiger partial charge in [0.25, 0.3) is 0 Å². The van der Waals surface area contributed by atoms with Gasteiger partial charge in [0.05, 0.1) is 24.4 Å². The van der Waals surface area contributed by atoms with E-state index in [0.717, 1.165) is 30.6 Å². The number of hydrogen-bond acceptors (Lipinski definition) is 4. The lowest BCUT2D eigenvalue weighted by molar-refractivity contribution is 0.117. The molecule has 1 aliphatic heterocycles. The molecule has 3 rings (SSSR count). The molecule has 1 aromatic rings. The van der Waals surface area contributed by atoms with Crippen LogP contribution in [0.15, 0.2) is 0 Å². The van der Waals surface area contributed by atoms with Crippen LogP contribution in [0.25, 0.3) is 0 Å². The van der Waals surface area contributed by atoms with Crippen molar-refractivity contribution < 1.29 is 4.74 Å². The van der Waals surface area contributed by atoms with Gasteiger partial charge in [0.15, 0.2) is 0 Å². The molecule has 2 heterocycles. The summed E-state index contributed by atoms with van der Waals surface area (Å²) in [5.74, 6) is 0.866. The Morgan fingerprint density at radius 1 is 1.32 bits per heavy atom. The molecular weight excluding hydrogens is 240 g/mol. The number of nitrogens with zero attached hydrogens (tertiary/aromatic N) is 3. The van der Waals surface area contributed by atoms with Crippen LogP contribution >= 0.6 is 0 Å². The normalized spacial score (nSPS) is 28.6. The van der Waals surface area contributed by atoms with Crippen molar-refractivity contribution in [1.29, 1.82) is 0 Å². The third-order valence-electron chi connectivity index (χ3n) is 4.44. The Bertz CT molecular complexity index is 466. The van der Waals surface area contributed by atoms with Crippen molar-refractivity contribution in [3.05, 3.63) is 11.3 Å². The summed E-state index contributed by atoms with van der Waals surface area (Å²) in [5, 5.41) is 4.52. The summed E-state index contributed by atoms with van der Waals surface area (Å²) in [7, 11) is 3.65. The molecule has 2 aliphatic rings. The van der Waals surface area contributed by atoms with Gasteiger partial charge in [0.1, 0.15) is 0 Å². The van der Waals surface area contributed by atoms with Crippen molar-refractivity contribution in [3.63, 3.8) is 0 Å². The van der Waals surface area contributed by atoms with Gasteiger partial charge in [-0.2, -0.15) is 5.10 Å². The number of methoxy groups -OCH3 is 1. The monoisotopic (exact) mass is 264 g/mol. The molecular formula is C14H24N4O. The lowest BCUT2D eigenvalue weighted by Gasteiger charge is -2.40. The Kier molecular flexibility index (Phi) is 3.27. The second-order valence-electron chi connectivity index (χ2n) is 5.85. The predicted octanol–water partition coefficient (Wildman–Crippen LogP) is 1.36. The molecule has 0 aromatic carbocycles. The molecule has 5 nitrogen and oxygen atoms in total. The first-order valence-corrected chi connectivity index (χ1v) is 7.22. The summed E-state index contributed by atoms with van der Waals surface area (Å²) in [6.07, 6.45) is 4.91. The maximum Gasteiger partial charge on any atom is 0.216 e. The highest BCUT2D eigenvalue weighted by Gasteiger charge is 2.42. The topological polar surface area (TPSA) is 56.3 Å². The number of piperidine rings is 1. The second kappa shape index (κ2) is 4.80. The van der Waals surface area contributed by atoms with Crippen LogP contribution in [0, 0.1) is 6.92 Å². The fourth-order valence-electron chi connectivity index (χ4n) is 3.48. The van der Waals surface area contributed by atoms with E-state index >= 15 is 0 Å². The molecule has 0 amide bonds. The van der Waals surface area contributed by atoms with Gasteiger partial charge in [0.2, 0.25) is 5.88 Å². The van der Waals surface area contributed by atoms with E-state index in [0.29, 0.717) is 0 Å². The third kappa shape index (κ3) is 2.15.